The SMILES string of the molecule is Nc1ccc2cc(S(=O)(=O)[O-])cc(O)c2c1N=Nc1ccc(S(=O)(=O)CCOSOO[O-])cc1S(=O)(=O)[O-].[Na+].[Na+].[Na+]. The zero-order valence-electron chi connectivity index (χ0n) is 21.4. The zero-order valence-corrected chi connectivity index (χ0v) is 30.7. The number of sulfone groups is 1. The van der Waals surface area contributed by atoms with Crippen molar-refractivity contribution in [1.82, 2.24) is 0 Å². The van der Waals surface area contributed by atoms with Crippen molar-refractivity contribution in [2.45, 2.75) is 14.7 Å². The third-order valence-electron chi connectivity index (χ3n) is 4.72. The van der Waals surface area contributed by atoms with E-state index in [-0.39, 0.29) is 123 Å². The second-order valence-corrected chi connectivity index (χ2v) is 12.5. The van der Waals surface area contributed by atoms with Crippen LogP contribution in [-0.4, -0.2) is 51.8 Å². The molecule has 0 unspecified atom stereocenters. The summed E-state index contributed by atoms with van der Waals surface area (Å²) in [4.78, 5) is -2.36. The van der Waals surface area contributed by atoms with Crippen molar-refractivity contribution in [2.24, 2.45) is 10.2 Å². The van der Waals surface area contributed by atoms with Crippen LogP contribution in [0.4, 0.5) is 17.1 Å². The van der Waals surface area contributed by atoms with Gasteiger partial charge in [0, 0.05) is 0 Å². The molecule has 0 atom stereocenters. The summed E-state index contributed by atoms with van der Waals surface area (Å²) in [6.07, 6.45) is 0. The summed E-state index contributed by atoms with van der Waals surface area (Å²) >= 11 is 0.0625. The quantitative estimate of drug-likeness (QED) is 0.0279. The number of benzene rings is 3. The maximum atomic E-state index is 12.5. The Hall–Kier alpha value is 0.0800. The molecule has 0 aliphatic heterocycles. The number of phenolic OH excluding ortho intramolecular Hbond substituents is 1. The average Bonchev–Trinajstić information content (AvgIpc) is 2.82. The van der Waals surface area contributed by atoms with Crippen molar-refractivity contribution in [2.75, 3.05) is 18.1 Å². The van der Waals surface area contributed by atoms with E-state index in [0.717, 1.165) is 18.2 Å². The van der Waals surface area contributed by atoms with E-state index >= 15 is 0 Å². The van der Waals surface area contributed by atoms with Crippen LogP contribution in [0.2, 0.25) is 0 Å². The predicted octanol–water partition coefficient (Wildman–Crippen LogP) is -8.06. The number of hydrogen-bond acceptors (Lipinski definition) is 17. The summed E-state index contributed by atoms with van der Waals surface area (Å²) in [6, 6.07) is 6.53. The molecule has 3 aromatic carbocycles. The van der Waals surface area contributed by atoms with Gasteiger partial charge in [0.2, 0.25) is 0 Å². The van der Waals surface area contributed by atoms with Gasteiger partial charge in [-0.05, 0) is 41.8 Å². The second kappa shape index (κ2) is 17.0. The maximum Gasteiger partial charge on any atom is 1.00 e. The van der Waals surface area contributed by atoms with E-state index in [9.17, 15) is 44.7 Å². The Morgan fingerprint density at radius 1 is 0.878 bits per heavy atom. The Morgan fingerprint density at radius 3 is 2.12 bits per heavy atom. The number of hydrogen-bond donors (Lipinski definition) is 2. The summed E-state index contributed by atoms with van der Waals surface area (Å²) in [5, 5.41) is 30.3. The first-order chi connectivity index (χ1) is 17.6. The van der Waals surface area contributed by atoms with Gasteiger partial charge in [-0.15, -0.1) is 14.6 Å². The Bertz CT molecular complexity index is 1740. The first-order valence-corrected chi connectivity index (χ1v) is 14.8. The molecule has 0 aliphatic carbocycles. The van der Waals surface area contributed by atoms with Crippen molar-refractivity contribution in [1.29, 1.82) is 0 Å². The third kappa shape index (κ3) is 10.9. The molecule has 3 N–H and O–H groups in total. The van der Waals surface area contributed by atoms with Gasteiger partial charge in [-0.25, -0.2) is 25.3 Å². The van der Waals surface area contributed by atoms with E-state index in [1.165, 1.54) is 12.1 Å². The molecular weight excluding hydrogens is 663 g/mol. The van der Waals surface area contributed by atoms with E-state index in [4.69, 9.17) is 5.73 Å². The van der Waals surface area contributed by atoms with E-state index in [1.54, 1.807) is 0 Å². The Morgan fingerprint density at radius 2 is 1.54 bits per heavy atom. The van der Waals surface area contributed by atoms with Gasteiger partial charge >= 0.3 is 88.7 Å². The molecule has 16 nitrogen and oxygen atoms in total. The number of nitrogen functional groups attached to an aromatic ring is 1. The summed E-state index contributed by atoms with van der Waals surface area (Å²) in [5.74, 6) is -1.40. The van der Waals surface area contributed by atoms with Gasteiger partial charge in [0.05, 0.1) is 38.1 Å². The van der Waals surface area contributed by atoms with E-state index < -0.39 is 68.6 Å². The van der Waals surface area contributed by atoms with Crippen molar-refractivity contribution < 1.29 is 147 Å². The largest absolute Gasteiger partial charge is 1.00 e. The fraction of sp³-hybridized carbons (Fsp3) is 0.111. The predicted molar refractivity (Wildman–Crippen MR) is 124 cm³/mol. The van der Waals surface area contributed by atoms with Gasteiger partial charge in [0.25, 0.3) is 0 Å². The van der Waals surface area contributed by atoms with E-state index in [1.807, 2.05) is 0 Å². The molecule has 0 spiro atoms. The van der Waals surface area contributed by atoms with Crippen LogP contribution >= 0.6 is 12.3 Å². The van der Waals surface area contributed by atoms with Crippen LogP contribution < -0.4 is 99.7 Å². The summed E-state index contributed by atoms with van der Waals surface area (Å²) < 4.78 is 103. The van der Waals surface area contributed by atoms with Crippen LogP contribution in [0.5, 0.6) is 5.75 Å². The molecule has 23 heteroatoms. The normalized spacial score (nSPS) is 12.0. The maximum absolute atomic E-state index is 12.5. The number of phenols is 1. The molecule has 0 saturated carbocycles. The summed E-state index contributed by atoms with van der Waals surface area (Å²) in [7, 11) is -14.4. The molecule has 0 saturated heterocycles. The van der Waals surface area contributed by atoms with Gasteiger partial charge in [0.1, 0.15) is 37.4 Å². The standard InChI is InChI=1S/C18H17N3O13S4.3Na/c19-13-3-1-10-7-12(37(26,27)28)8-15(22)17(10)18(13)21-20-14-4-2-11(9-16(14)38(29,30)31)36(24,25)6-5-32-35-34-33-23;;;/h1-4,7-9,22-23H,5-6,19H2,(H,26,27,28)(H,29,30,31);;;/q;3*+1/p-3. The van der Waals surface area contributed by atoms with Crippen LogP contribution in [-0.2, 0) is 43.6 Å². The topological polar surface area (TPSA) is 270 Å². The fourth-order valence-corrected chi connectivity index (χ4v) is 5.74. The number of rotatable bonds is 11. The molecular formula is C18H14N3Na3O13S4. The van der Waals surface area contributed by atoms with Gasteiger partial charge in [-0.2, -0.15) is 0 Å². The van der Waals surface area contributed by atoms with Crippen molar-refractivity contribution >= 4 is 70.2 Å². The molecule has 3 aromatic rings. The number of aromatic hydroxyl groups is 1. The fourth-order valence-electron chi connectivity index (χ4n) is 3.07. The Balaban J connectivity index is 0.00000533. The molecule has 0 bridgehead atoms. The molecule has 0 fully saturated rings. The average molecular weight is 678 g/mol. The van der Waals surface area contributed by atoms with Crippen molar-refractivity contribution in [3.05, 3.63) is 42.5 Å². The van der Waals surface area contributed by atoms with Crippen LogP contribution in [0.3, 0.4) is 0 Å². The monoisotopic (exact) mass is 677 g/mol. The molecule has 0 radical (unpaired) electrons. The number of azo groups is 1. The molecule has 0 aliphatic rings. The van der Waals surface area contributed by atoms with Gasteiger partial charge in [-0.3, -0.25) is 9.22 Å². The molecule has 3 rings (SSSR count). The summed E-state index contributed by atoms with van der Waals surface area (Å²) in [6.45, 7) is -0.503. The Kier molecular flexibility index (Phi) is 17.0. The van der Waals surface area contributed by atoms with Gasteiger partial charge in [-0.1, -0.05) is 6.07 Å². The van der Waals surface area contributed by atoms with E-state index in [0.29, 0.717) is 12.1 Å². The van der Waals surface area contributed by atoms with Crippen LogP contribution in [0.25, 0.3) is 10.8 Å². The second-order valence-electron chi connectivity index (χ2n) is 7.13. The number of nitrogens with two attached hydrogens (primary N) is 1. The van der Waals surface area contributed by atoms with E-state index in [2.05, 4.69) is 23.8 Å². The first kappa shape index (κ1) is 41.1. The van der Waals surface area contributed by atoms with Crippen LogP contribution in [0.15, 0.2) is 67.4 Å². The van der Waals surface area contributed by atoms with Gasteiger partial charge < -0.3 is 25.2 Å². The smallest absolute Gasteiger partial charge is 0.744 e. The van der Waals surface area contributed by atoms with Crippen molar-refractivity contribution in [3.63, 3.8) is 0 Å². The zero-order chi connectivity index (χ0) is 28.3. The first-order valence-electron chi connectivity index (χ1n) is 9.65. The molecule has 41 heavy (non-hydrogen) atoms. The molecule has 0 heterocycles. The number of nitrogens with zero attached hydrogens (tertiary/aromatic N) is 2. The molecule has 0 aromatic heterocycles. The molecule has 0 amide bonds. The minimum absolute atomic E-state index is 0. The third-order valence-corrected chi connectivity index (χ3v) is 8.45. The van der Waals surface area contributed by atoms with Crippen molar-refractivity contribution in [3.8, 4) is 5.75 Å². The van der Waals surface area contributed by atoms with Crippen LogP contribution in [0.1, 0.15) is 0 Å². The minimum atomic E-state index is -5.29. The minimum Gasteiger partial charge on any atom is -0.744 e. The number of fused-ring (bicyclic) bond motifs is 1. The molecule has 206 valence electrons. The summed E-state index contributed by atoms with van der Waals surface area (Å²) in [5.41, 5.74) is 4.92. The Labute approximate surface area is 304 Å². The van der Waals surface area contributed by atoms with Crippen LogP contribution in [0, 0.1) is 0 Å². The van der Waals surface area contributed by atoms with Gasteiger partial charge in [0.15, 0.2) is 22.2 Å². The number of anilines is 1.